The van der Waals surface area contributed by atoms with Gasteiger partial charge in [0, 0.05) is 26.3 Å². The number of ether oxygens (including phenoxy) is 2. The summed E-state index contributed by atoms with van der Waals surface area (Å²) in [5.41, 5.74) is 5.05. The first-order valence-electron chi connectivity index (χ1n) is 7.26. The van der Waals surface area contributed by atoms with Gasteiger partial charge in [-0.3, -0.25) is 9.59 Å². The first-order chi connectivity index (χ1) is 10.0. The molecule has 2 heterocycles. The normalized spacial score (nSPS) is 25.2. The number of likely N-dealkylation sites (tertiary alicyclic amines) is 1. The van der Waals surface area contributed by atoms with Crippen molar-refractivity contribution in [3.8, 4) is 0 Å². The molecule has 0 aromatic rings. The zero-order chi connectivity index (χ0) is 15.5. The van der Waals surface area contributed by atoms with Gasteiger partial charge in [-0.1, -0.05) is 12.2 Å². The Hall–Kier alpha value is -1.21. The van der Waals surface area contributed by atoms with E-state index in [2.05, 4.69) is 0 Å². The van der Waals surface area contributed by atoms with E-state index in [0.29, 0.717) is 39.1 Å². The van der Waals surface area contributed by atoms with Gasteiger partial charge >= 0.3 is 5.97 Å². The van der Waals surface area contributed by atoms with Gasteiger partial charge in [-0.15, -0.1) is 0 Å². The number of thiocarbonyl (C=S) groups is 1. The highest BCUT2D eigenvalue weighted by molar-refractivity contribution is 7.80. The van der Waals surface area contributed by atoms with E-state index in [1.54, 1.807) is 4.90 Å². The molecule has 0 aromatic heterocycles. The van der Waals surface area contributed by atoms with Crippen LogP contribution in [0.4, 0.5) is 0 Å². The number of carbonyl (C=O) groups excluding carboxylic acids is 2. The third kappa shape index (κ3) is 3.18. The maximum atomic E-state index is 12.9. The van der Waals surface area contributed by atoms with Crippen LogP contribution in [0.25, 0.3) is 0 Å². The van der Waals surface area contributed by atoms with Crippen LogP contribution in [0.3, 0.4) is 0 Å². The van der Waals surface area contributed by atoms with E-state index >= 15 is 0 Å². The van der Waals surface area contributed by atoms with Crippen molar-refractivity contribution in [2.75, 3.05) is 33.4 Å². The summed E-state index contributed by atoms with van der Waals surface area (Å²) in [6.45, 7) is 1.99. The highest BCUT2D eigenvalue weighted by atomic mass is 32.1. The number of carbonyl (C=O) groups is 2. The molecular weight excluding hydrogens is 292 g/mol. The molecule has 21 heavy (non-hydrogen) atoms. The average Bonchev–Trinajstić information content (AvgIpc) is 2.54. The van der Waals surface area contributed by atoms with Crippen molar-refractivity contribution in [3.05, 3.63) is 0 Å². The second-order valence-electron chi connectivity index (χ2n) is 5.67. The molecule has 2 aliphatic heterocycles. The summed E-state index contributed by atoms with van der Waals surface area (Å²) < 4.78 is 10.1. The Balaban J connectivity index is 2.13. The van der Waals surface area contributed by atoms with Crippen molar-refractivity contribution in [3.63, 3.8) is 0 Å². The van der Waals surface area contributed by atoms with Crippen LogP contribution < -0.4 is 5.73 Å². The van der Waals surface area contributed by atoms with Crippen LogP contribution in [0.2, 0.25) is 0 Å². The fourth-order valence-electron chi connectivity index (χ4n) is 3.11. The molecule has 2 aliphatic rings. The SMILES string of the molecule is COC(=O)C1CCCN(C(=O)C2(C(N)=S)CCOCC2)C1. The molecule has 1 atom stereocenters. The van der Waals surface area contributed by atoms with E-state index in [1.807, 2.05) is 0 Å². The molecule has 2 saturated heterocycles. The molecule has 2 rings (SSSR count). The molecule has 1 unspecified atom stereocenters. The van der Waals surface area contributed by atoms with Gasteiger partial charge in [0.05, 0.1) is 18.0 Å². The summed E-state index contributed by atoms with van der Waals surface area (Å²) >= 11 is 5.16. The Morgan fingerprint density at radius 3 is 2.62 bits per heavy atom. The predicted octanol–water partition coefficient (Wildman–Crippen LogP) is 0.481. The maximum Gasteiger partial charge on any atom is 0.310 e. The van der Waals surface area contributed by atoms with E-state index in [4.69, 9.17) is 27.4 Å². The largest absolute Gasteiger partial charge is 0.469 e. The zero-order valence-electron chi connectivity index (χ0n) is 12.3. The van der Waals surface area contributed by atoms with E-state index in [0.717, 1.165) is 12.8 Å². The lowest BCUT2D eigenvalue weighted by molar-refractivity contribution is -0.151. The van der Waals surface area contributed by atoms with Crippen LogP contribution in [0.1, 0.15) is 25.7 Å². The monoisotopic (exact) mass is 314 g/mol. The fraction of sp³-hybridized carbons (Fsp3) is 0.786. The van der Waals surface area contributed by atoms with Gasteiger partial charge in [-0.2, -0.15) is 0 Å². The molecule has 0 spiro atoms. The number of nitrogens with zero attached hydrogens (tertiary/aromatic N) is 1. The number of amides is 1. The summed E-state index contributed by atoms with van der Waals surface area (Å²) in [6.07, 6.45) is 2.57. The Morgan fingerprint density at radius 1 is 1.38 bits per heavy atom. The molecule has 0 bridgehead atoms. The highest BCUT2D eigenvalue weighted by Gasteiger charge is 2.46. The third-order valence-corrected chi connectivity index (χ3v) is 4.86. The molecular formula is C14H22N2O4S. The second kappa shape index (κ2) is 6.70. The summed E-state index contributed by atoms with van der Waals surface area (Å²) in [5, 5.41) is 0. The molecule has 1 amide bonds. The van der Waals surface area contributed by atoms with Crippen LogP contribution in [-0.4, -0.2) is 55.2 Å². The number of piperidine rings is 1. The highest BCUT2D eigenvalue weighted by Crippen LogP contribution is 2.34. The maximum absolute atomic E-state index is 12.9. The van der Waals surface area contributed by atoms with E-state index in [9.17, 15) is 9.59 Å². The lowest BCUT2D eigenvalue weighted by Crippen LogP contribution is -2.55. The van der Waals surface area contributed by atoms with Gasteiger partial charge in [-0.05, 0) is 25.7 Å². The van der Waals surface area contributed by atoms with E-state index in [-0.39, 0.29) is 22.8 Å². The second-order valence-corrected chi connectivity index (χ2v) is 6.11. The molecule has 6 nitrogen and oxygen atoms in total. The summed E-state index contributed by atoms with van der Waals surface area (Å²) in [6, 6.07) is 0. The van der Waals surface area contributed by atoms with Gasteiger partial charge in [0.15, 0.2) is 0 Å². The molecule has 0 radical (unpaired) electrons. The van der Waals surface area contributed by atoms with Gasteiger partial charge in [0.25, 0.3) is 0 Å². The predicted molar refractivity (Wildman–Crippen MR) is 80.6 cm³/mol. The van der Waals surface area contributed by atoms with Crippen LogP contribution in [0.15, 0.2) is 0 Å². The molecule has 0 saturated carbocycles. The Morgan fingerprint density at radius 2 is 2.05 bits per heavy atom. The van der Waals surface area contributed by atoms with Crippen molar-refractivity contribution in [1.82, 2.24) is 4.90 Å². The molecule has 7 heteroatoms. The minimum Gasteiger partial charge on any atom is -0.469 e. The number of esters is 1. The van der Waals surface area contributed by atoms with Crippen LogP contribution in [-0.2, 0) is 19.1 Å². The first-order valence-corrected chi connectivity index (χ1v) is 7.67. The minimum atomic E-state index is -0.814. The quantitative estimate of drug-likeness (QED) is 0.603. The van der Waals surface area contributed by atoms with Gasteiger partial charge in [0.2, 0.25) is 5.91 Å². The molecule has 2 N–H and O–H groups in total. The standard InChI is InChI=1S/C14H22N2O4S/c1-19-11(17)10-3-2-6-16(9-10)13(18)14(12(15)21)4-7-20-8-5-14/h10H,2-9H2,1H3,(H2,15,21). The molecule has 2 fully saturated rings. The smallest absolute Gasteiger partial charge is 0.310 e. The van der Waals surface area contributed by atoms with Crippen LogP contribution >= 0.6 is 12.2 Å². The number of rotatable bonds is 3. The van der Waals surface area contributed by atoms with Crippen LogP contribution in [0, 0.1) is 11.3 Å². The lowest BCUT2D eigenvalue weighted by Gasteiger charge is -2.41. The number of hydrogen-bond donors (Lipinski definition) is 1. The summed E-state index contributed by atoms with van der Waals surface area (Å²) in [5.74, 6) is -0.577. The number of nitrogens with two attached hydrogens (primary N) is 1. The van der Waals surface area contributed by atoms with E-state index in [1.165, 1.54) is 7.11 Å². The summed E-state index contributed by atoms with van der Waals surface area (Å²) in [7, 11) is 1.37. The summed E-state index contributed by atoms with van der Waals surface area (Å²) in [4.78, 5) is 26.6. The minimum absolute atomic E-state index is 0.0631. The number of hydrogen-bond acceptors (Lipinski definition) is 5. The van der Waals surface area contributed by atoms with Gasteiger partial charge in [-0.25, -0.2) is 0 Å². The van der Waals surface area contributed by atoms with Crippen molar-refractivity contribution >= 4 is 29.1 Å². The zero-order valence-corrected chi connectivity index (χ0v) is 13.1. The van der Waals surface area contributed by atoms with Crippen molar-refractivity contribution < 1.29 is 19.1 Å². The Labute approximate surface area is 129 Å². The topological polar surface area (TPSA) is 81.9 Å². The molecule has 0 aliphatic carbocycles. The molecule has 0 aromatic carbocycles. The average molecular weight is 314 g/mol. The first kappa shape index (κ1) is 16.2. The van der Waals surface area contributed by atoms with Crippen LogP contribution in [0.5, 0.6) is 0 Å². The van der Waals surface area contributed by atoms with Crippen molar-refractivity contribution in [2.45, 2.75) is 25.7 Å². The fourth-order valence-corrected chi connectivity index (χ4v) is 3.40. The Kier molecular flexibility index (Phi) is 5.16. The molecule has 118 valence electrons. The number of methoxy groups -OCH3 is 1. The van der Waals surface area contributed by atoms with E-state index < -0.39 is 5.41 Å². The van der Waals surface area contributed by atoms with Gasteiger partial charge < -0.3 is 20.1 Å². The van der Waals surface area contributed by atoms with Crippen molar-refractivity contribution in [1.29, 1.82) is 0 Å². The Bertz CT molecular complexity index is 435. The van der Waals surface area contributed by atoms with Crippen molar-refractivity contribution in [2.24, 2.45) is 17.1 Å². The lowest BCUT2D eigenvalue weighted by atomic mass is 9.78. The van der Waals surface area contributed by atoms with Gasteiger partial charge in [0.1, 0.15) is 5.41 Å². The third-order valence-electron chi connectivity index (χ3n) is 4.47.